The molecule has 0 aliphatic carbocycles. The van der Waals surface area contributed by atoms with E-state index in [2.05, 4.69) is 29.1 Å². The summed E-state index contributed by atoms with van der Waals surface area (Å²) in [6.07, 6.45) is 3.27. The molecule has 0 unspecified atom stereocenters. The largest absolute Gasteiger partial charge is 0.370 e. The lowest BCUT2D eigenvalue weighted by Crippen LogP contribution is -2.28. The maximum atomic E-state index is 12.3. The summed E-state index contributed by atoms with van der Waals surface area (Å²) in [6.45, 7) is 8.76. The number of amides is 1. The van der Waals surface area contributed by atoms with Crippen molar-refractivity contribution >= 4 is 11.7 Å². The number of rotatable bonds is 5. The Morgan fingerprint density at radius 2 is 2.05 bits per heavy atom. The van der Waals surface area contributed by atoms with Crippen molar-refractivity contribution in [2.24, 2.45) is 5.92 Å². The molecule has 0 atom stereocenters. The second-order valence-electron chi connectivity index (χ2n) is 5.79. The summed E-state index contributed by atoms with van der Waals surface area (Å²) in [5.41, 5.74) is 0.506. The molecule has 1 fully saturated rings. The van der Waals surface area contributed by atoms with E-state index in [0.29, 0.717) is 17.4 Å². The van der Waals surface area contributed by atoms with Gasteiger partial charge in [0.15, 0.2) is 0 Å². The zero-order chi connectivity index (χ0) is 14.5. The number of likely N-dealkylation sites (tertiary alicyclic amines) is 1. The Hall–Kier alpha value is -1.65. The fraction of sp³-hybridized carbons (Fsp3) is 0.667. The Morgan fingerprint density at radius 3 is 2.70 bits per heavy atom. The van der Waals surface area contributed by atoms with Gasteiger partial charge in [-0.15, -0.1) is 0 Å². The average molecular weight is 276 g/mol. The second kappa shape index (κ2) is 6.68. The van der Waals surface area contributed by atoms with Crippen LogP contribution >= 0.6 is 0 Å². The first-order chi connectivity index (χ1) is 9.56. The number of nitrogens with zero attached hydrogens (tertiary/aromatic N) is 3. The van der Waals surface area contributed by atoms with Crippen molar-refractivity contribution in [2.45, 2.75) is 40.0 Å². The summed E-state index contributed by atoms with van der Waals surface area (Å²) in [7, 11) is 0. The third-order valence-electron chi connectivity index (χ3n) is 3.48. The highest BCUT2D eigenvalue weighted by molar-refractivity contribution is 5.93. The van der Waals surface area contributed by atoms with Crippen molar-refractivity contribution < 1.29 is 4.79 Å². The van der Waals surface area contributed by atoms with Gasteiger partial charge >= 0.3 is 0 Å². The minimum Gasteiger partial charge on any atom is -0.370 e. The van der Waals surface area contributed by atoms with Crippen LogP contribution in [0.4, 0.5) is 5.82 Å². The summed E-state index contributed by atoms with van der Waals surface area (Å²) in [5, 5.41) is 3.28. The van der Waals surface area contributed by atoms with Crippen molar-refractivity contribution in [1.29, 1.82) is 0 Å². The summed E-state index contributed by atoms with van der Waals surface area (Å²) in [6, 6.07) is 1.77. The minimum absolute atomic E-state index is 0.0277. The highest BCUT2D eigenvalue weighted by Gasteiger charge is 2.21. The maximum Gasteiger partial charge on any atom is 0.272 e. The first kappa shape index (κ1) is 14.8. The van der Waals surface area contributed by atoms with Gasteiger partial charge in [0.25, 0.3) is 5.91 Å². The van der Waals surface area contributed by atoms with Crippen LogP contribution in [0.2, 0.25) is 0 Å². The third-order valence-corrected chi connectivity index (χ3v) is 3.48. The van der Waals surface area contributed by atoms with Crippen molar-refractivity contribution in [1.82, 2.24) is 14.9 Å². The molecule has 2 heterocycles. The predicted octanol–water partition coefficient (Wildman–Crippen LogP) is 2.48. The smallest absolute Gasteiger partial charge is 0.272 e. The highest BCUT2D eigenvalue weighted by atomic mass is 16.2. The van der Waals surface area contributed by atoms with Crippen molar-refractivity contribution in [3.8, 4) is 0 Å². The van der Waals surface area contributed by atoms with E-state index in [1.807, 2.05) is 11.8 Å². The van der Waals surface area contributed by atoms with Crippen LogP contribution in [-0.2, 0) is 0 Å². The molecule has 2 rings (SSSR count). The van der Waals surface area contributed by atoms with Crippen LogP contribution in [0.3, 0.4) is 0 Å². The van der Waals surface area contributed by atoms with Crippen molar-refractivity contribution in [3.63, 3.8) is 0 Å². The van der Waals surface area contributed by atoms with Gasteiger partial charge in [-0.05, 0) is 32.1 Å². The number of carbonyl (C=O) groups is 1. The van der Waals surface area contributed by atoms with Gasteiger partial charge in [0.1, 0.15) is 17.3 Å². The Bertz CT molecular complexity index is 467. The van der Waals surface area contributed by atoms with E-state index in [-0.39, 0.29) is 5.91 Å². The van der Waals surface area contributed by atoms with E-state index in [4.69, 9.17) is 0 Å². The van der Waals surface area contributed by atoms with Gasteiger partial charge < -0.3 is 10.2 Å². The molecule has 0 aromatic carbocycles. The first-order valence-electron chi connectivity index (χ1n) is 7.45. The van der Waals surface area contributed by atoms with E-state index in [1.165, 1.54) is 0 Å². The Morgan fingerprint density at radius 1 is 1.35 bits per heavy atom. The molecule has 1 aromatic rings. The maximum absolute atomic E-state index is 12.3. The van der Waals surface area contributed by atoms with E-state index in [0.717, 1.165) is 44.7 Å². The number of anilines is 1. The molecule has 20 heavy (non-hydrogen) atoms. The molecule has 1 aromatic heterocycles. The second-order valence-corrected chi connectivity index (χ2v) is 5.79. The third kappa shape index (κ3) is 3.92. The van der Waals surface area contributed by atoms with Gasteiger partial charge in [-0.1, -0.05) is 13.8 Å². The summed E-state index contributed by atoms with van der Waals surface area (Å²) < 4.78 is 0. The minimum atomic E-state index is 0.0277. The first-order valence-corrected chi connectivity index (χ1v) is 7.45. The van der Waals surface area contributed by atoms with Crippen LogP contribution in [0.5, 0.6) is 0 Å². The summed E-state index contributed by atoms with van der Waals surface area (Å²) in [4.78, 5) is 22.8. The Labute approximate surface area is 120 Å². The molecule has 110 valence electrons. The molecule has 1 amide bonds. The number of carbonyl (C=O) groups excluding carboxylic acids is 1. The van der Waals surface area contributed by atoms with Crippen LogP contribution < -0.4 is 5.32 Å². The molecule has 0 saturated carbocycles. The van der Waals surface area contributed by atoms with Gasteiger partial charge in [0.2, 0.25) is 0 Å². The average Bonchev–Trinajstić information content (AvgIpc) is 2.90. The number of aromatic nitrogens is 2. The number of hydrogen-bond donors (Lipinski definition) is 1. The Balaban J connectivity index is 2.05. The predicted molar refractivity (Wildman–Crippen MR) is 79.9 cm³/mol. The lowest BCUT2D eigenvalue weighted by molar-refractivity contribution is 0.0786. The van der Waals surface area contributed by atoms with E-state index >= 15 is 0 Å². The highest BCUT2D eigenvalue weighted by Crippen LogP contribution is 2.14. The van der Waals surface area contributed by atoms with Crippen LogP contribution in [-0.4, -0.2) is 40.4 Å². The molecule has 1 aliphatic rings. The number of hydrogen-bond acceptors (Lipinski definition) is 4. The van der Waals surface area contributed by atoms with Gasteiger partial charge in [-0.25, -0.2) is 9.97 Å². The summed E-state index contributed by atoms with van der Waals surface area (Å²) in [5.74, 6) is 2.07. The fourth-order valence-corrected chi connectivity index (χ4v) is 2.34. The van der Waals surface area contributed by atoms with Crippen molar-refractivity contribution in [2.75, 3.05) is 25.0 Å². The number of nitrogens with one attached hydrogen (secondary N) is 1. The zero-order valence-electron chi connectivity index (χ0n) is 12.6. The zero-order valence-corrected chi connectivity index (χ0v) is 12.6. The lowest BCUT2D eigenvalue weighted by atomic mass is 10.1. The fourth-order valence-electron chi connectivity index (χ4n) is 2.34. The van der Waals surface area contributed by atoms with Gasteiger partial charge in [0, 0.05) is 25.7 Å². The molecular formula is C15H24N4O. The molecule has 0 bridgehead atoms. The van der Waals surface area contributed by atoms with Crippen LogP contribution in [0, 0.1) is 12.8 Å². The molecule has 0 spiro atoms. The number of aryl methyl sites for hydroxylation is 1. The topological polar surface area (TPSA) is 58.1 Å². The van der Waals surface area contributed by atoms with Crippen LogP contribution in [0.25, 0.3) is 0 Å². The molecule has 1 N–H and O–H groups in total. The van der Waals surface area contributed by atoms with Crippen LogP contribution in [0.15, 0.2) is 6.07 Å². The normalized spacial score (nSPS) is 14.9. The van der Waals surface area contributed by atoms with Gasteiger partial charge in [0.05, 0.1) is 0 Å². The van der Waals surface area contributed by atoms with Crippen LogP contribution in [0.1, 0.15) is 49.4 Å². The quantitative estimate of drug-likeness (QED) is 0.897. The SMILES string of the molecule is Cc1nc(NCCC(C)C)cc(C(=O)N2CCCC2)n1. The standard InChI is InChI=1S/C15H24N4O/c1-11(2)6-7-16-14-10-13(17-12(3)18-14)15(20)19-8-4-5-9-19/h10-11H,4-9H2,1-3H3,(H,16,17,18). The monoisotopic (exact) mass is 276 g/mol. The van der Waals surface area contributed by atoms with Gasteiger partial charge in [-0.2, -0.15) is 0 Å². The molecule has 5 nitrogen and oxygen atoms in total. The van der Waals surface area contributed by atoms with Gasteiger partial charge in [-0.3, -0.25) is 4.79 Å². The molecule has 1 saturated heterocycles. The molecule has 5 heteroatoms. The van der Waals surface area contributed by atoms with E-state index in [9.17, 15) is 4.79 Å². The van der Waals surface area contributed by atoms with Crippen molar-refractivity contribution in [3.05, 3.63) is 17.6 Å². The Kier molecular flexibility index (Phi) is 4.93. The van der Waals surface area contributed by atoms with E-state index in [1.54, 1.807) is 6.07 Å². The lowest BCUT2D eigenvalue weighted by Gasteiger charge is -2.15. The molecule has 0 radical (unpaired) electrons. The molecular weight excluding hydrogens is 252 g/mol. The summed E-state index contributed by atoms with van der Waals surface area (Å²) >= 11 is 0. The molecule has 1 aliphatic heterocycles. The van der Waals surface area contributed by atoms with E-state index < -0.39 is 0 Å².